The fraction of sp³-hybridized carbons (Fsp3) is 0.600. The molecule has 1 unspecified atom stereocenters. The zero-order valence-corrected chi connectivity index (χ0v) is 11.9. The summed E-state index contributed by atoms with van der Waals surface area (Å²) in [4.78, 5) is 18.3. The third-order valence-corrected chi connectivity index (χ3v) is 3.70. The Bertz CT molecular complexity index is 433. The standard InChI is InChI=1S/C15H23N3O/c1-3-16-15(19)14-11-13(6-8-17-14)18-9-4-5-12(2)7-10-18/h6,8,11-12H,3-5,7,9-10H2,1-2H3,(H,16,19). The summed E-state index contributed by atoms with van der Waals surface area (Å²) in [5.41, 5.74) is 1.63. The lowest BCUT2D eigenvalue weighted by Crippen LogP contribution is -2.26. The van der Waals surface area contributed by atoms with Crippen molar-refractivity contribution < 1.29 is 4.79 Å². The Morgan fingerprint density at radius 3 is 3.11 bits per heavy atom. The monoisotopic (exact) mass is 261 g/mol. The van der Waals surface area contributed by atoms with Crippen LogP contribution in [0.2, 0.25) is 0 Å². The highest BCUT2D eigenvalue weighted by molar-refractivity contribution is 5.93. The molecule has 2 rings (SSSR count). The number of hydrogen-bond acceptors (Lipinski definition) is 3. The minimum atomic E-state index is -0.0902. The Kier molecular flexibility index (Phi) is 4.77. The summed E-state index contributed by atoms with van der Waals surface area (Å²) in [6.07, 6.45) is 5.47. The summed E-state index contributed by atoms with van der Waals surface area (Å²) in [6.45, 7) is 7.00. The number of amides is 1. The highest BCUT2D eigenvalue weighted by atomic mass is 16.1. The number of nitrogens with one attached hydrogen (secondary N) is 1. The summed E-state index contributed by atoms with van der Waals surface area (Å²) >= 11 is 0. The molecule has 1 atom stereocenters. The van der Waals surface area contributed by atoms with Crippen LogP contribution in [0.4, 0.5) is 5.69 Å². The zero-order chi connectivity index (χ0) is 13.7. The molecule has 4 heteroatoms. The maximum atomic E-state index is 11.8. The van der Waals surface area contributed by atoms with Crippen LogP contribution in [0.3, 0.4) is 0 Å². The fourth-order valence-electron chi connectivity index (χ4n) is 2.51. The number of pyridine rings is 1. The van der Waals surface area contributed by atoms with Crippen LogP contribution >= 0.6 is 0 Å². The Hall–Kier alpha value is -1.58. The first kappa shape index (κ1) is 13.8. The topological polar surface area (TPSA) is 45.2 Å². The van der Waals surface area contributed by atoms with Gasteiger partial charge < -0.3 is 10.2 Å². The van der Waals surface area contributed by atoms with E-state index in [0.717, 1.165) is 24.7 Å². The second kappa shape index (κ2) is 6.55. The molecule has 0 aromatic carbocycles. The largest absolute Gasteiger partial charge is 0.371 e. The van der Waals surface area contributed by atoms with Gasteiger partial charge in [-0.25, -0.2) is 0 Å². The number of carbonyl (C=O) groups excluding carboxylic acids is 1. The van der Waals surface area contributed by atoms with Crippen LogP contribution < -0.4 is 10.2 Å². The highest BCUT2D eigenvalue weighted by Gasteiger charge is 2.15. The van der Waals surface area contributed by atoms with E-state index >= 15 is 0 Å². The predicted octanol–water partition coefficient (Wildman–Crippen LogP) is 2.46. The van der Waals surface area contributed by atoms with Crippen molar-refractivity contribution >= 4 is 11.6 Å². The molecule has 1 aliphatic heterocycles. The van der Waals surface area contributed by atoms with E-state index in [-0.39, 0.29) is 5.91 Å². The van der Waals surface area contributed by atoms with E-state index in [1.165, 1.54) is 19.3 Å². The molecule has 1 aliphatic rings. The van der Waals surface area contributed by atoms with E-state index in [4.69, 9.17) is 0 Å². The van der Waals surface area contributed by atoms with Gasteiger partial charge in [0.2, 0.25) is 0 Å². The molecule has 1 N–H and O–H groups in total. The van der Waals surface area contributed by atoms with E-state index < -0.39 is 0 Å². The molecule has 19 heavy (non-hydrogen) atoms. The third kappa shape index (κ3) is 3.69. The Morgan fingerprint density at radius 2 is 2.32 bits per heavy atom. The third-order valence-electron chi connectivity index (χ3n) is 3.70. The van der Waals surface area contributed by atoms with E-state index in [2.05, 4.69) is 22.1 Å². The van der Waals surface area contributed by atoms with Gasteiger partial charge in [-0.15, -0.1) is 0 Å². The van der Waals surface area contributed by atoms with Gasteiger partial charge in [0.1, 0.15) is 5.69 Å². The van der Waals surface area contributed by atoms with Crippen LogP contribution in [-0.2, 0) is 0 Å². The molecule has 1 aromatic rings. The quantitative estimate of drug-likeness (QED) is 0.909. The van der Waals surface area contributed by atoms with Crippen LogP contribution in [-0.4, -0.2) is 30.5 Å². The van der Waals surface area contributed by atoms with Crippen molar-refractivity contribution in [2.24, 2.45) is 5.92 Å². The van der Waals surface area contributed by atoms with Gasteiger partial charge >= 0.3 is 0 Å². The first-order valence-electron chi connectivity index (χ1n) is 7.20. The minimum absolute atomic E-state index is 0.0902. The molecule has 1 saturated heterocycles. The van der Waals surface area contributed by atoms with Crippen molar-refractivity contribution in [2.75, 3.05) is 24.5 Å². The predicted molar refractivity (Wildman–Crippen MR) is 77.5 cm³/mol. The van der Waals surface area contributed by atoms with Gasteiger partial charge in [-0.1, -0.05) is 6.92 Å². The van der Waals surface area contributed by atoms with E-state index in [0.29, 0.717) is 12.2 Å². The van der Waals surface area contributed by atoms with Gasteiger partial charge in [-0.2, -0.15) is 0 Å². The Balaban J connectivity index is 2.11. The number of anilines is 1. The van der Waals surface area contributed by atoms with E-state index in [9.17, 15) is 4.79 Å². The lowest BCUT2D eigenvalue weighted by atomic mass is 10.0. The molecule has 0 radical (unpaired) electrons. The first-order valence-corrected chi connectivity index (χ1v) is 7.20. The van der Waals surface area contributed by atoms with Gasteiger partial charge in [-0.05, 0) is 44.2 Å². The Morgan fingerprint density at radius 1 is 1.47 bits per heavy atom. The molecular weight excluding hydrogens is 238 g/mol. The molecular formula is C15H23N3O. The molecule has 4 nitrogen and oxygen atoms in total. The normalized spacial score (nSPS) is 19.9. The number of aromatic nitrogens is 1. The molecule has 0 aliphatic carbocycles. The molecule has 2 heterocycles. The number of carbonyl (C=O) groups is 1. The van der Waals surface area contributed by atoms with Crippen LogP contribution in [0.1, 0.15) is 43.6 Å². The van der Waals surface area contributed by atoms with Gasteiger partial charge in [0.25, 0.3) is 5.91 Å². The summed E-state index contributed by atoms with van der Waals surface area (Å²) in [5, 5.41) is 2.79. The lowest BCUT2D eigenvalue weighted by Gasteiger charge is -2.23. The molecule has 0 spiro atoms. The number of rotatable bonds is 3. The molecule has 1 aromatic heterocycles. The summed E-state index contributed by atoms with van der Waals surface area (Å²) in [7, 11) is 0. The number of hydrogen-bond donors (Lipinski definition) is 1. The second-order valence-electron chi connectivity index (χ2n) is 5.28. The molecule has 0 bridgehead atoms. The van der Waals surface area contributed by atoms with E-state index in [1.807, 2.05) is 19.1 Å². The lowest BCUT2D eigenvalue weighted by molar-refractivity contribution is 0.0951. The van der Waals surface area contributed by atoms with Crippen molar-refractivity contribution in [1.29, 1.82) is 0 Å². The summed E-state index contributed by atoms with van der Waals surface area (Å²) in [5.74, 6) is 0.710. The van der Waals surface area contributed by atoms with Crippen molar-refractivity contribution in [3.05, 3.63) is 24.0 Å². The summed E-state index contributed by atoms with van der Waals surface area (Å²) in [6, 6.07) is 3.90. The van der Waals surface area contributed by atoms with Crippen LogP contribution in [0, 0.1) is 5.92 Å². The Labute approximate surface area is 115 Å². The van der Waals surface area contributed by atoms with Crippen molar-refractivity contribution in [3.8, 4) is 0 Å². The minimum Gasteiger partial charge on any atom is -0.371 e. The van der Waals surface area contributed by atoms with Gasteiger partial charge in [-0.3, -0.25) is 9.78 Å². The molecule has 104 valence electrons. The van der Waals surface area contributed by atoms with Crippen molar-refractivity contribution in [3.63, 3.8) is 0 Å². The van der Waals surface area contributed by atoms with Crippen molar-refractivity contribution in [2.45, 2.75) is 33.1 Å². The average molecular weight is 261 g/mol. The maximum Gasteiger partial charge on any atom is 0.269 e. The second-order valence-corrected chi connectivity index (χ2v) is 5.28. The summed E-state index contributed by atoms with van der Waals surface area (Å²) < 4.78 is 0. The number of nitrogens with zero attached hydrogens (tertiary/aromatic N) is 2. The smallest absolute Gasteiger partial charge is 0.269 e. The average Bonchev–Trinajstić information content (AvgIpc) is 2.64. The fourth-order valence-corrected chi connectivity index (χ4v) is 2.51. The van der Waals surface area contributed by atoms with Crippen LogP contribution in [0.25, 0.3) is 0 Å². The molecule has 0 saturated carbocycles. The SMILES string of the molecule is CCNC(=O)c1cc(N2CCCC(C)CC2)ccn1. The van der Waals surface area contributed by atoms with E-state index in [1.54, 1.807) is 6.20 Å². The molecule has 1 amide bonds. The maximum absolute atomic E-state index is 11.8. The van der Waals surface area contributed by atoms with Gasteiger partial charge in [0.05, 0.1) is 0 Å². The van der Waals surface area contributed by atoms with Crippen LogP contribution in [0.5, 0.6) is 0 Å². The van der Waals surface area contributed by atoms with Crippen LogP contribution in [0.15, 0.2) is 18.3 Å². The van der Waals surface area contributed by atoms with Gasteiger partial charge in [0, 0.05) is 31.5 Å². The first-order chi connectivity index (χ1) is 9.20. The van der Waals surface area contributed by atoms with Gasteiger partial charge in [0.15, 0.2) is 0 Å². The van der Waals surface area contributed by atoms with Crippen molar-refractivity contribution in [1.82, 2.24) is 10.3 Å². The molecule has 1 fully saturated rings. The highest BCUT2D eigenvalue weighted by Crippen LogP contribution is 2.22. The zero-order valence-electron chi connectivity index (χ0n) is 11.9.